The zero-order valence-corrected chi connectivity index (χ0v) is 12.4. The van der Waals surface area contributed by atoms with Gasteiger partial charge in [-0.25, -0.2) is 4.39 Å². The molecule has 3 rings (SSSR count). The average Bonchev–Trinajstić information content (AvgIpc) is 2.73. The molecule has 1 saturated heterocycles. The third kappa shape index (κ3) is 2.65. The van der Waals surface area contributed by atoms with Gasteiger partial charge in [0.15, 0.2) is 4.77 Å². The third-order valence-electron chi connectivity index (χ3n) is 4.00. The van der Waals surface area contributed by atoms with Crippen molar-refractivity contribution in [2.75, 3.05) is 6.61 Å². The first-order valence-corrected chi connectivity index (χ1v) is 7.56. The number of aromatic amines is 1. The first-order chi connectivity index (χ1) is 9.65. The fourth-order valence-electron chi connectivity index (χ4n) is 2.81. The highest BCUT2D eigenvalue weighted by Gasteiger charge is 2.15. The van der Waals surface area contributed by atoms with Crippen LogP contribution in [0.2, 0.25) is 0 Å². The van der Waals surface area contributed by atoms with E-state index in [0.29, 0.717) is 16.4 Å². The van der Waals surface area contributed by atoms with Gasteiger partial charge in [-0.15, -0.1) is 0 Å². The molecule has 0 bridgehead atoms. The predicted molar refractivity (Wildman–Crippen MR) is 80.0 cm³/mol. The van der Waals surface area contributed by atoms with Crippen LogP contribution in [-0.4, -0.2) is 22.3 Å². The fraction of sp³-hybridized carbons (Fsp3) is 0.533. The number of H-pyrrole nitrogens is 1. The predicted octanol–water partition coefficient (Wildman–Crippen LogP) is 4.11. The van der Waals surface area contributed by atoms with E-state index in [9.17, 15) is 4.39 Å². The number of hydrogen-bond acceptors (Lipinski definition) is 2. The van der Waals surface area contributed by atoms with Gasteiger partial charge in [-0.05, 0) is 62.5 Å². The molecule has 1 N–H and O–H groups in total. The maximum atomic E-state index is 13.6. The Balaban J connectivity index is 1.85. The molecule has 0 aliphatic carbocycles. The van der Waals surface area contributed by atoms with Crippen molar-refractivity contribution in [3.05, 3.63) is 28.3 Å². The van der Waals surface area contributed by atoms with E-state index in [1.165, 1.54) is 18.9 Å². The van der Waals surface area contributed by atoms with Crippen LogP contribution in [0.5, 0.6) is 0 Å². The van der Waals surface area contributed by atoms with E-state index in [0.717, 1.165) is 37.0 Å². The summed E-state index contributed by atoms with van der Waals surface area (Å²) in [6.07, 6.45) is 4.83. The number of nitrogens with one attached hydrogen (secondary N) is 1. The maximum Gasteiger partial charge on any atom is 0.178 e. The first kappa shape index (κ1) is 13.8. The van der Waals surface area contributed by atoms with Gasteiger partial charge in [0, 0.05) is 13.2 Å². The Kier molecular flexibility index (Phi) is 3.89. The summed E-state index contributed by atoms with van der Waals surface area (Å²) in [5.41, 5.74) is 2.39. The van der Waals surface area contributed by atoms with Crippen LogP contribution >= 0.6 is 12.2 Å². The van der Waals surface area contributed by atoms with Crippen LogP contribution in [0.25, 0.3) is 11.0 Å². The molecule has 108 valence electrons. The van der Waals surface area contributed by atoms with E-state index in [1.807, 2.05) is 6.07 Å². The van der Waals surface area contributed by atoms with Gasteiger partial charge in [-0.2, -0.15) is 0 Å². The summed E-state index contributed by atoms with van der Waals surface area (Å²) < 4.78 is 22.0. The lowest BCUT2D eigenvalue weighted by atomic mass is 10.1. The van der Waals surface area contributed by atoms with Gasteiger partial charge in [-0.3, -0.25) is 0 Å². The van der Waals surface area contributed by atoms with Crippen molar-refractivity contribution in [2.24, 2.45) is 0 Å². The summed E-state index contributed by atoms with van der Waals surface area (Å²) in [4.78, 5) is 3.08. The molecule has 1 aromatic heterocycles. The van der Waals surface area contributed by atoms with E-state index in [1.54, 1.807) is 6.92 Å². The van der Waals surface area contributed by atoms with Crippen LogP contribution in [0.15, 0.2) is 12.1 Å². The van der Waals surface area contributed by atoms with Crippen LogP contribution in [0.1, 0.15) is 31.2 Å². The SMILES string of the molecule is Cc1cc2c(cc1F)[nH]c(=S)n2CCC1CCCCO1. The molecule has 0 spiro atoms. The molecule has 0 radical (unpaired) electrons. The minimum atomic E-state index is -0.198. The van der Waals surface area contributed by atoms with E-state index in [4.69, 9.17) is 17.0 Å². The number of hydrogen-bond donors (Lipinski definition) is 1. The van der Waals surface area contributed by atoms with Gasteiger partial charge in [-0.1, -0.05) is 0 Å². The highest BCUT2D eigenvalue weighted by molar-refractivity contribution is 7.71. The van der Waals surface area contributed by atoms with E-state index in [-0.39, 0.29) is 5.82 Å². The number of imidazole rings is 1. The molecule has 3 nitrogen and oxygen atoms in total. The lowest BCUT2D eigenvalue weighted by Crippen LogP contribution is -2.20. The number of nitrogens with zero attached hydrogens (tertiary/aromatic N) is 1. The van der Waals surface area contributed by atoms with Gasteiger partial charge >= 0.3 is 0 Å². The molecule has 1 fully saturated rings. The van der Waals surface area contributed by atoms with Crippen LogP contribution in [0, 0.1) is 17.5 Å². The number of aromatic nitrogens is 2. The van der Waals surface area contributed by atoms with Gasteiger partial charge in [0.2, 0.25) is 0 Å². The van der Waals surface area contributed by atoms with Crippen LogP contribution in [-0.2, 0) is 11.3 Å². The molecule has 2 heterocycles. The second-order valence-corrected chi connectivity index (χ2v) is 5.86. The standard InChI is InChI=1S/C15H19FN2OS/c1-10-8-14-13(9-12(10)16)17-15(20)18(14)6-5-11-4-2-3-7-19-11/h8-9,11H,2-7H2,1H3,(H,17,20). The smallest absolute Gasteiger partial charge is 0.178 e. The molecule has 0 amide bonds. The molecule has 1 atom stereocenters. The maximum absolute atomic E-state index is 13.6. The molecule has 0 saturated carbocycles. The van der Waals surface area contributed by atoms with Crippen molar-refractivity contribution in [2.45, 2.75) is 45.3 Å². The molecule has 5 heteroatoms. The summed E-state index contributed by atoms with van der Waals surface area (Å²) in [6.45, 7) is 3.46. The van der Waals surface area contributed by atoms with E-state index in [2.05, 4.69) is 9.55 Å². The van der Waals surface area contributed by atoms with Gasteiger partial charge < -0.3 is 14.3 Å². The van der Waals surface area contributed by atoms with Crippen molar-refractivity contribution in [3.8, 4) is 0 Å². The molecule has 1 aromatic carbocycles. The normalized spacial score (nSPS) is 19.6. The molecule has 1 aliphatic rings. The largest absolute Gasteiger partial charge is 0.378 e. The second kappa shape index (κ2) is 5.66. The summed E-state index contributed by atoms with van der Waals surface area (Å²) in [5.74, 6) is -0.198. The number of fused-ring (bicyclic) bond motifs is 1. The van der Waals surface area contributed by atoms with E-state index < -0.39 is 0 Å². The molecule has 1 unspecified atom stereocenters. The summed E-state index contributed by atoms with van der Waals surface area (Å²) >= 11 is 5.35. The minimum absolute atomic E-state index is 0.198. The lowest BCUT2D eigenvalue weighted by molar-refractivity contribution is 0.00892. The minimum Gasteiger partial charge on any atom is -0.378 e. The quantitative estimate of drug-likeness (QED) is 0.864. The van der Waals surface area contributed by atoms with Crippen molar-refractivity contribution in [3.63, 3.8) is 0 Å². The monoisotopic (exact) mass is 294 g/mol. The summed E-state index contributed by atoms with van der Waals surface area (Å²) in [6, 6.07) is 3.38. The first-order valence-electron chi connectivity index (χ1n) is 7.15. The Morgan fingerprint density at radius 2 is 2.30 bits per heavy atom. The summed E-state index contributed by atoms with van der Waals surface area (Å²) in [5, 5.41) is 0. The Morgan fingerprint density at radius 1 is 1.45 bits per heavy atom. The molecular weight excluding hydrogens is 275 g/mol. The Hall–Kier alpha value is -1.20. The topological polar surface area (TPSA) is 29.9 Å². The summed E-state index contributed by atoms with van der Waals surface area (Å²) in [7, 11) is 0. The highest BCUT2D eigenvalue weighted by atomic mass is 32.1. The Labute approximate surface area is 122 Å². The number of ether oxygens (including phenoxy) is 1. The molecule has 1 aliphatic heterocycles. The number of halogens is 1. The van der Waals surface area contributed by atoms with Gasteiger partial charge in [0.25, 0.3) is 0 Å². The number of rotatable bonds is 3. The number of benzene rings is 1. The second-order valence-electron chi connectivity index (χ2n) is 5.48. The van der Waals surface area contributed by atoms with Crippen LogP contribution in [0.3, 0.4) is 0 Å². The van der Waals surface area contributed by atoms with Crippen molar-refractivity contribution >= 4 is 23.3 Å². The van der Waals surface area contributed by atoms with Gasteiger partial charge in [0.05, 0.1) is 17.1 Å². The Morgan fingerprint density at radius 3 is 3.05 bits per heavy atom. The van der Waals surface area contributed by atoms with Crippen molar-refractivity contribution in [1.82, 2.24) is 9.55 Å². The third-order valence-corrected chi connectivity index (χ3v) is 4.33. The fourth-order valence-corrected chi connectivity index (χ4v) is 3.11. The van der Waals surface area contributed by atoms with Crippen LogP contribution < -0.4 is 0 Å². The highest BCUT2D eigenvalue weighted by Crippen LogP contribution is 2.21. The van der Waals surface area contributed by atoms with Crippen molar-refractivity contribution in [1.29, 1.82) is 0 Å². The molecule has 20 heavy (non-hydrogen) atoms. The molecular formula is C15H19FN2OS. The lowest BCUT2D eigenvalue weighted by Gasteiger charge is -2.22. The average molecular weight is 294 g/mol. The van der Waals surface area contributed by atoms with Crippen molar-refractivity contribution < 1.29 is 9.13 Å². The number of aryl methyl sites for hydroxylation is 2. The molecule has 2 aromatic rings. The van der Waals surface area contributed by atoms with Gasteiger partial charge in [0.1, 0.15) is 5.82 Å². The van der Waals surface area contributed by atoms with E-state index >= 15 is 0 Å². The van der Waals surface area contributed by atoms with Crippen LogP contribution in [0.4, 0.5) is 4.39 Å². The Bertz CT molecular complexity index is 670. The zero-order valence-electron chi connectivity index (χ0n) is 11.6. The zero-order chi connectivity index (χ0) is 14.1.